The van der Waals surface area contributed by atoms with Gasteiger partial charge in [-0.25, -0.2) is 0 Å². The number of carbonyl (C=O) groups excluding carboxylic acids is 1. The minimum absolute atomic E-state index is 0.235. The molecule has 0 saturated carbocycles. The highest BCUT2D eigenvalue weighted by atomic mass is 31.2. The number of hydrogen-bond acceptors (Lipinski definition) is 4. The first kappa shape index (κ1) is 15.8. The Hall–Kier alpha value is -0.180. The Labute approximate surface area is 99.6 Å². The zero-order valence-electron chi connectivity index (χ0n) is 10.5. The van der Waals surface area contributed by atoms with Gasteiger partial charge in [0.1, 0.15) is 6.16 Å². The van der Waals surface area contributed by atoms with Crippen LogP contribution in [0.5, 0.6) is 0 Å². The molecular weight excluding hydrogens is 227 g/mol. The van der Waals surface area contributed by atoms with Gasteiger partial charge >= 0.3 is 5.97 Å². The standard InChI is InChI=1S/C11H23O4P/c1-4-6-8-14-16(10-11(12)13-3)15-9-7-5-2/h4-10H2,1-3H3. The minimum Gasteiger partial charge on any atom is -0.469 e. The van der Waals surface area contributed by atoms with Crippen LogP contribution in [0.25, 0.3) is 0 Å². The average molecular weight is 250 g/mol. The van der Waals surface area contributed by atoms with E-state index in [1.807, 2.05) is 0 Å². The second-order valence-corrected chi connectivity index (χ2v) is 4.94. The molecule has 4 nitrogen and oxygen atoms in total. The van der Waals surface area contributed by atoms with Crippen LogP contribution in [0, 0.1) is 0 Å². The predicted octanol–water partition coefficient (Wildman–Crippen LogP) is 3.10. The van der Waals surface area contributed by atoms with Crippen molar-refractivity contribution >= 4 is 14.3 Å². The first-order chi connectivity index (χ1) is 7.74. The summed E-state index contributed by atoms with van der Waals surface area (Å²) in [6, 6.07) is 0. The zero-order valence-corrected chi connectivity index (χ0v) is 11.4. The summed E-state index contributed by atoms with van der Waals surface area (Å²) in [7, 11) is 0.279. The molecule has 0 radical (unpaired) electrons. The van der Waals surface area contributed by atoms with Crippen LogP contribution in [-0.2, 0) is 18.6 Å². The lowest BCUT2D eigenvalue weighted by Gasteiger charge is -2.16. The van der Waals surface area contributed by atoms with Crippen LogP contribution in [0.15, 0.2) is 0 Å². The summed E-state index contributed by atoms with van der Waals surface area (Å²) in [4.78, 5) is 11.1. The number of methoxy groups -OCH3 is 1. The highest BCUT2D eigenvalue weighted by molar-refractivity contribution is 7.48. The third kappa shape index (κ3) is 9.08. The van der Waals surface area contributed by atoms with Crippen molar-refractivity contribution in [2.45, 2.75) is 39.5 Å². The predicted molar refractivity (Wildman–Crippen MR) is 65.5 cm³/mol. The summed E-state index contributed by atoms with van der Waals surface area (Å²) in [5.41, 5.74) is 0. The smallest absolute Gasteiger partial charge is 0.314 e. The first-order valence-electron chi connectivity index (χ1n) is 5.84. The normalized spacial score (nSPS) is 10.8. The lowest BCUT2D eigenvalue weighted by atomic mass is 10.4. The molecule has 0 saturated heterocycles. The van der Waals surface area contributed by atoms with Gasteiger partial charge in [0.05, 0.1) is 20.3 Å². The topological polar surface area (TPSA) is 44.8 Å². The molecule has 0 aliphatic carbocycles. The van der Waals surface area contributed by atoms with Crippen LogP contribution in [0.4, 0.5) is 0 Å². The highest BCUT2D eigenvalue weighted by Gasteiger charge is 2.16. The molecule has 0 N–H and O–H groups in total. The molecule has 0 amide bonds. The van der Waals surface area contributed by atoms with Gasteiger partial charge in [-0.1, -0.05) is 26.7 Å². The van der Waals surface area contributed by atoms with E-state index in [4.69, 9.17) is 9.05 Å². The number of esters is 1. The van der Waals surface area contributed by atoms with Gasteiger partial charge in [-0.05, 0) is 12.8 Å². The molecule has 0 aromatic heterocycles. The van der Waals surface area contributed by atoms with Crippen molar-refractivity contribution in [2.75, 3.05) is 26.5 Å². The molecule has 5 heteroatoms. The Balaban J connectivity index is 3.80. The minimum atomic E-state index is -1.10. The van der Waals surface area contributed by atoms with Crippen LogP contribution in [0.3, 0.4) is 0 Å². The maximum Gasteiger partial charge on any atom is 0.314 e. The molecule has 0 fully saturated rings. The summed E-state index contributed by atoms with van der Waals surface area (Å²) in [6.45, 7) is 5.52. The van der Waals surface area contributed by atoms with Crippen molar-refractivity contribution in [1.82, 2.24) is 0 Å². The van der Waals surface area contributed by atoms with Crippen molar-refractivity contribution in [2.24, 2.45) is 0 Å². The van der Waals surface area contributed by atoms with Crippen molar-refractivity contribution in [1.29, 1.82) is 0 Å². The molecule has 0 heterocycles. The Kier molecular flexibility index (Phi) is 11.2. The van der Waals surface area contributed by atoms with Gasteiger partial charge in [-0.3, -0.25) is 4.79 Å². The third-order valence-corrected chi connectivity index (χ3v) is 3.41. The molecule has 0 spiro atoms. The van der Waals surface area contributed by atoms with Gasteiger partial charge in [0.25, 0.3) is 0 Å². The number of rotatable bonds is 10. The summed E-state index contributed by atoms with van der Waals surface area (Å²) in [5.74, 6) is -0.265. The van der Waals surface area contributed by atoms with E-state index in [2.05, 4.69) is 18.6 Å². The van der Waals surface area contributed by atoms with Crippen LogP contribution in [0.1, 0.15) is 39.5 Å². The molecule has 0 unspecified atom stereocenters. The summed E-state index contributed by atoms with van der Waals surface area (Å²) in [5, 5.41) is 0. The van der Waals surface area contributed by atoms with Crippen LogP contribution < -0.4 is 0 Å². The van der Waals surface area contributed by atoms with E-state index in [1.54, 1.807) is 0 Å². The zero-order chi connectivity index (χ0) is 12.2. The van der Waals surface area contributed by atoms with Gasteiger partial charge in [0.2, 0.25) is 0 Å². The van der Waals surface area contributed by atoms with Crippen LogP contribution in [0.2, 0.25) is 0 Å². The lowest BCUT2D eigenvalue weighted by Crippen LogP contribution is -2.09. The van der Waals surface area contributed by atoms with E-state index in [-0.39, 0.29) is 12.1 Å². The second kappa shape index (κ2) is 11.3. The summed E-state index contributed by atoms with van der Waals surface area (Å²) < 4.78 is 15.7. The van der Waals surface area contributed by atoms with E-state index in [1.165, 1.54) is 7.11 Å². The number of unbranched alkanes of at least 4 members (excludes halogenated alkanes) is 2. The van der Waals surface area contributed by atoms with E-state index in [9.17, 15) is 4.79 Å². The van der Waals surface area contributed by atoms with Crippen molar-refractivity contribution in [3.8, 4) is 0 Å². The van der Waals surface area contributed by atoms with Gasteiger partial charge in [-0.2, -0.15) is 0 Å². The second-order valence-electron chi connectivity index (χ2n) is 3.44. The van der Waals surface area contributed by atoms with E-state index in [0.29, 0.717) is 13.2 Å². The molecule has 0 aromatic rings. The fraction of sp³-hybridized carbons (Fsp3) is 0.909. The summed E-state index contributed by atoms with van der Waals surface area (Å²) >= 11 is 0. The fourth-order valence-corrected chi connectivity index (χ4v) is 2.18. The van der Waals surface area contributed by atoms with Gasteiger partial charge in [0.15, 0.2) is 8.38 Å². The van der Waals surface area contributed by atoms with Crippen molar-refractivity contribution < 1.29 is 18.6 Å². The first-order valence-corrected chi connectivity index (χ1v) is 7.21. The van der Waals surface area contributed by atoms with Crippen LogP contribution >= 0.6 is 8.38 Å². The molecule has 0 bridgehead atoms. The third-order valence-electron chi connectivity index (χ3n) is 1.95. The quantitative estimate of drug-likeness (QED) is 0.339. The fourth-order valence-electron chi connectivity index (χ4n) is 0.920. The molecule has 0 rings (SSSR count). The Morgan fingerprint density at radius 1 is 1.06 bits per heavy atom. The highest BCUT2D eigenvalue weighted by Crippen LogP contribution is 2.38. The maximum absolute atomic E-state index is 11.1. The van der Waals surface area contributed by atoms with E-state index < -0.39 is 8.38 Å². The maximum atomic E-state index is 11.1. The van der Waals surface area contributed by atoms with Crippen molar-refractivity contribution in [3.63, 3.8) is 0 Å². The largest absolute Gasteiger partial charge is 0.469 e. The number of hydrogen-bond donors (Lipinski definition) is 0. The molecule has 0 aliphatic heterocycles. The monoisotopic (exact) mass is 250 g/mol. The number of ether oxygens (including phenoxy) is 1. The molecule has 0 atom stereocenters. The molecule has 16 heavy (non-hydrogen) atoms. The molecule has 0 aromatic carbocycles. The van der Waals surface area contributed by atoms with Crippen molar-refractivity contribution in [3.05, 3.63) is 0 Å². The lowest BCUT2D eigenvalue weighted by molar-refractivity contribution is -0.137. The van der Waals surface area contributed by atoms with Gasteiger partial charge in [-0.15, -0.1) is 0 Å². The number of carbonyl (C=O) groups is 1. The van der Waals surface area contributed by atoms with Crippen LogP contribution in [-0.4, -0.2) is 32.5 Å². The SMILES string of the molecule is CCCCOP(CC(=O)OC)OCCCC. The van der Waals surface area contributed by atoms with Gasteiger partial charge < -0.3 is 13.8 Å². The Morgan fingerprint density at radius 3 is 1.94 bits per heavy atom. The Morgan fingerprint density at radius 2 is 1.56 bits per heavy atom. The summed E-state index contributed by atoms with van der Waals surface area (Å²) in [6.07, 6.45) is 4.39. The van der Waals surface area contributed by atoms with Gasteiger partial charge in [0, 0.05) is 0 Å². The molecular formula is C11H23O4P. The van der Waals surface area contributed by atoms with E-state index in [0.717, 1.165) is 25.7 Å². The van der Waals surface area contributed by atoms with E-state index >= 15 is 0 Å². The Bertz CT molecular complexity index is 165. The molecule has 96 valence electrons. The average Bonchev–Trinajstić information content (AvgIpc) is 2.29. The molecule has 0 aliphatic rings.